The highest BCUT2D eigenvalue weighted by Gasteiger charge is 2.25. The third-order valence-corrected chi connectivity index (χ3v) is 4.71. The quantitative estimate of drug-likeness (QED) is 0.854. The molecule has 0 spiro atoms. The van der Waals surface area contributed by atoms with E-state index in [1.54, 1.807) is 0 Å². The van der Waals surface area contributed by atoms with Crippen molar-refractivity contribution in [1.82, 2.24) is 4.31 Å². The van der Waals surface area contributed by atoms with Crippen LogP contribution in [0.15, 0.2) is 23.1 Å². The van der Waals surface area contributed by atoms with Gasteiger partial charge in [-0.25, -0.2) is 12.8 Å². The van der Waals surface area contributed by atoms with Crippen molar-refractivity contribution in [3.63, 3.8) is 0 Å². The van der Waals surface area contributed by atoms with E-state index in [9.17, 15) is 17.9 Å². The monoisotopic (exact) mass is 311 g/mol. The Morgan fingerprint density at radius 3 is 2.74 bits per heavy atom. The van der Waals surface area contributed by atoms with Gasteiger partial charge in [0.05, 0.1) is 17.7 Å². The van der Waals surface area contributed by atoms with E-state index in [1.807, 2.05) is 0 Å². The summed E-state index contributed by atoms with van der Waals surface area (Å²) in [5, 5.41) is 9.44. The van der Waals surface area contributed by atoms with E-state index in [0.717, 1.165) is 16.4 Å². The molecule has 0 aliphatic carbocycles. The number of methoxy groups -OCH3 is 1. The standard InChI is InChI=1S/C11H15ClFNO4S/c1-14(6-9(15)7-18-2)19(16,17)11-5-8(13)3-4-10(11)12/h3-5,9,15H,6-7H2,1-2H3. The van der Waals surface area contributed by atoms with Crippen LogP contribution in [0.5, 0.6) is 0 Å². The van der Waals surface area contributed by atoms with Crippen molar-refractivity contribution in [3.05, 3.63) is 29.0 Å². The van der Waals surface area contributed by atoms with E-state index in [2.05, 4.69) is 0 Å². The van der Waals surface area contributed by atoms with Crippen molar-refractivity contribution in [3.8, 4) is 0 Å². The zero-order chi connectivity index (χ0) is 14.6. The molecular formula is C11H15ClFNO4S. The van der Waals surface area contributed by atoms with Crippen LogP contribution >= 0.6 is 11.6 Å². The SMILES string of the molecule is COCC(O)CN(C)S(=O)(=O)c1cc(F)ccc1Cl. The molecule has 0 saturated heterocycles. The molecule has 19 heavy (non-hydrogen) atoms. The Balaban J connectivity index is 3.00. The molecule has 1 atom stereocenters. The average molecular weight is 312 g/mol. The lowest BCUT2D eigenvalue weighted by molar-refractivity contribution is 0.0554. The lowest BCUT2D eigenvalue weighted by Gasteiger charge is -2.20. The van der Waals surface area contributed by atoms with Crippen molar-refractivity contribution < 1.29 is 22.7 Å². The largest absolute Gasteiger partial charge is 0.389 e. The number of halogens is 2. The number of benzene rings is 1. The predicted octanol–water partition coefficient (Wildman–Crippen LogP) is 1.11. The molecule has 1 N–H and O–H groups in total. The molecule has 0 heterocycles. The molecule has 0 aliphatic rings. The lowest BCUT2D eigenvalue weighted by Crippen LogP contribution is -2.36. The van der Waals surface area contributed by atoms with E-state index < -0.39 is 21.9 Å². The first kappa shape index (κ1) is 16.3. The molecule has 8 heteroatoms. The maximum Gasteiger partial charge on any atom is 0.244 e. The number of sulfonamides is 1. The number of aliphatic hydroxyl groups is 1. The number of likely N-dealkylation sites (N-methyl/N-ethyl adjacent to an activating group) is 1. The molecule has 0 radical (unpaired) electrons. The predicted molar refractivity (Wildman–Crippen MR) is 69.1 cm³/mol. The van der Waals surface area contributed by atoms with Gasteiger partial charge in [-0.05, 0) is 18.2 Å². The van der Waals surface area contributed by atoms with Gasteiger partial charge in [-0.15, -0.1) is 0 Å². The van der Waals surface area contributed by atoms with Crippen LogP contribution in [0.1, 0.15) is 0 Å². The highest BCUT2D eigenvalue weighted by molar-refractivity contribution is 7.89. The summed E-state index contributed by atoms with van der Waals surface area (Å²) >= 11 is 5.76. The lowest BCUT2D eigenvalue weighted by atomic mass is 10.3. The fourth-order valence-electron chi connectivity index (χ4n) is 1.48. The van der Waals surface area contributed by atoms with Crippen LogP contribution in [0.2, 0.25) is 5.02 Å². The fourth-order valence-corrected chi connectivity index (χ4v) is 3.17. The molecule has 5 nitrogen and oxygen atoms in total. The molecule has 1 aromatic rings. The van der Waals surface area contributed by atoms with E-state index in [4.69, 9.17) is 16.3 Å². The summed E-state index contributed by atoms with van der Waals surface area (Å²) in [6, 6.07) is 3.08. The van der Waals surface area contributed by atoms with Crippen molar-refractivity contribution in [2.75, 3.05) is 27.3 Å². The molecule has 0 bridgehead atoms. The Morgan fingerprint density at radius 1 is 1.53 bits per heavy atom. The van der Waals surface area contributed by atoms with Gasteiger partial charge in [-0.1, -0.05) is 11.6 Å². The normalized spacial score (nSPS) is 13.8. The second-order valence-corrected chi connectivity index (χ2v) is 6.39. The Morgan fingerprint density at radius 2 is 2.16 bits per heavy atom. The van der Waals surface area contributed by atoms with Crippen molar-refractivity contribution in [1.29, 1.82) is 0 Å². The number of nitrogens with zero attached hydrogens (tertiary/aromatic N) is 1. The minimum atomic E-state index is -3.96. The van der Waals surface area contributed by atoms with Crippen LogP contribution in [0.25, 0.3) is 0 Å². The molecular weight excluding hydrogens is 297 g/mol. The molecule has 1 unspecified atom stereocenters. The van der Waals surface area contributed by atoms with Gasteiger partial charge in [-0.3, -0.25) is 0 Å². The Hall–Kier alpha value is -0.730. The zero-order valence-electron chi connectivity index (χ0n) is 10.5. The second kappa shape index (κ2) is 6.62. The fraction of sp³-hybridized carbons (Fsp3) is 0.455. The van der Waals surface area contributed by atoms with E-state index >= 15 is 0 Å². The molecule has 0 saturated carbocycles. The number of hydrogen-bond donors (Lipinski definition) is 1. The van der Waals surface area contributed by atoms with Crippen LogP contribution in [0.4, 0.5) is 4.39 Å². The smallest absolute Gasteiger partial charge is 0.244 e. The maximum absolute atomic E-state index is 13.1. The first-order valence-electron chi connectivity index (χ1n) is 5.37. The van der Waals surface area contributed by atoms with Gasteiger partial charge >= 0.3 is 0 Å². The van der Waals surface area contributed by atoms with Gasteiger partial charge in [-0.2, -0.15) is 4.31 Å². The summed E-state index contributed by atoms with van der Waals surface area (Å²) in [7, 11) is -1.30. The summed E-state index contributed by atoms with van der Waals surface area (Å²) in [4.78, 5) is -0.332. The summed E-state index contributed by atoms with van der Waals surface area (Å²) < 4.78 is 43.1. The molecule has 0 aromatic heterocycles. The average Bonchev–Trinajstić information content (AvgIpc) is 2.32. The molecule has 0 amide bonds. The van der Waals surface area contributed by atoms with Crippen LogP contribution in [0.3, 0.4) is 0 Å². The first-order valence-corrected chi connectivity index (χ1v) is 7.19. The number of aliphatic hydroxyl groups excluding tert-OH is 1. The number of rotatable bonds is 6. The zero-order valence-corrected chi connectivity index (χ0v) is 12.1. The van der Waals surface area contributed by atoms with Crippen LogP contribution < -0.4 is 0 Å². The third-order valence-electron chi connectivity index (χ3n) is 2.41. The van der Waals surface area contributed by atoms with E-state index in [0.29, 0.717) is 0 Å². The minimum Gasteiger partial charge on any atom is -0.389 e. The molecule has 0 fully saturated rings. The van der Waals surface area contributed by atoms with Gasteiger partial charge in [0.25, 0.3) is 0 Å². The van der Waals surface area contributed by atoms with E-state index in [-0.39, 0.29) is 23.1 Å². The molecule has 0 aliphatic heterocycles. The summed E-state index contributed by atoms with van der Waals surface area (Å²) in [6.07, 6.45) is -0.975. The van der Waals surface area contributed by atoms with E-state index in [1.165, 1.54) is 20.2 Å². The van der Waals surface area contributed by atoms with Crippen LogP contribution in [0, 0.1) is 5.82 Å². The summed E-state index contributed by atoms with van der Waals surface area (Å²) in [6.45, 7) is -0.181. The highest BCUT2D eigenvalue weighted by Crippen LogP contribution is 2.24. The van der Waals surface area contributed by atoms with Crippen molar-refractivity contribution in [2.24, 2.45) is 0 Å². The van der Waals surface area contributed by atoms with Crippen LogP contribution in [-0.2, 0) is 14.8 Å². The topological polar surface area (TPSA) is 66.8 Å². The summed E-state index contributed by atoms with van der Waals surface area (Å²) in [5.74, 6) is -0.700. The van der Waals surface area contributed by atoms with Gasteiger partial charge < -0.3 is 9.84 Å². The van der Waals surface area contributed by atoms with Gasteiger partial charge in [0.1, 0.15) is 10.7 Å². The number of ether oxygens (including phenoxy) is 1. The third kappa shape index (κ3) is 4.12. The maximum atomic E-state index is 13.1. The summed E-state index contributed by atoms with van der Waals surface area (Å²) in [5.41, 5.74) is 0. The molecule has 108 valence electrons. The Labute approximate surface area is 116 Å². The number of hydrogen-bond acceptors (Lipinski definition) is 4. The van der Waals surface area contributed by atoms with Gasteiger partial charge in [0.15, 0.2) is 0 Å². The van der Waals surface area contributed by atoms with Gasteiger partial charge in [0, 0.05) is 20.7 Å². The van der Waals surface area contributed by atoms with Crippen molar-refractivity contribution >= 4 is 21.6 Å². The minimum absolute atomic E-state index is 0.00323. The molecule has 1 aromatic carbocycles. The van der Waals surface area contributed by atoms with Crippen molar-refractivity contribution in [2.45, 2.75) is 11.0 Å². The first-order chi connectivity index (χ1) is 8.78. The second-order valence-electron chi connectivity index (χ2n) is 3.97. The highest BCUT2D eigenvalue weighted by atomic mass is 35.5. The van der Waals surface area contributed by atoms with Gasteiger partial charge in [0.2, 0.25) is 10.0 Å². The molecule has 1 rings (SSSR count). The Bertz CT molecular complexity index is 537. The Kier molecular flexibility index (Phi) is 5.69. The van der Waals surface area contributed by atoms with Crippen LogP contribution in [-0.4, -0.2) is 51.2 Å².